The van der Waals surface area contributed by atoms with Gasteiger partial charge in [0.25, 0.3) is 0 Å². The van der Waals surface area contributed by atoms with Crippen molar-refractivity contribution in [2.75, 3.05) is 7.11 Å². The highest BCUT2D eigenvalue weighted by molar-refractivity contribution is 5.79. The molecule has 0 N–H and O–H groups in total. The molecule has 37 heavy (non-hydrogen) atoms. The number of fused-ring (bicyclic) bond motifs is 7. The molecule has 10 atom stereocenters. The maximum atomic E-state index is 14.3. The lowest BCUT2D eigenvalue weighted by Crippen LogP contribution is -2.71. The number of rotatable bonds is 2. The van der Waals surface area contributed by atoms with Crippen molar-refractivity contribution in [3.8, 4) is 0 Å². The van der Waals surface area contributed by atoms with Gasteiger partial charge in [0.15, 0.2) is 0 Å². The molecule has 210 valence electrons. The highest BCUT2D eigenvalue weighted by Crippen LogP contribution is 2.78. The first kappa shape index (κ1) is 27.5. The van der Waals surface area contributed by atoms with Crippen LogP contribution in [0, 0.1) is 56.2 Å². The molecule has 5 saturated carbocycles. The minimum Gasteiger partial charge on any atom is -0.469 e. The molecule has 5 aliphatic carbocycles. The van der Waals surface area contributed by atoms with Gasteiger partial charge in [-0.05, 0) is 121 Å². The Hall–Kier alpha value is -1.06. The number of hydrogen-bond acceptors (Lipinski definition) is 4. The quantitative estimate of drug-likeness (QED) is 0.351. The predicted octanol–water partition coefficient (Wildman–Crippen LogP) is 7.97. The van der Waals surface area contributed by atoms with Crippen molar-refractivity contribution >= 4 is 11.9 Å². The highest BCUT2D eigenvalue weighted by Gasteiger charge is 2.75. The first-order valence-corrected chi connectivity index (χ1v) is 15.4. The minimum absolute atomic E-state index is 0.0159. The van der Waals surface area contributed by atoms with Gasteiger partial charge in [0.1, 0.15) is 6.10 Å². The molecule has 5 aliphatic rings. The van der Waals surface area contributed by atoms with Gasteiger partial charge in [0.05, 0.1) is 12.5 Å². The Morgan fingerprint density at radius 3 is 2.05 bits per heavy atom. The monoisotopic (exact) mass is 514 g/mol. The molecule has 0 aromatic rings. The van der Waals surface area contributed by atoms with Crippen molar-refractivity contribution in [1.82, 2.24) is 0 Å². The lowest BCUT2D eigenvalue weighted by Gasteiger charge is -2.74. The number of carbonyl (C=O) groups is 2. The second-order valence-corrected chi connectivity index (χ2v) is 16.1. The summed E-state index contributed by atoms with van der Waals surface area (Å²) in [4.78, 5) is 26.1. The van der Waals surface area contributed by atoms with E-state index in [-0.39, 0.29) is 34.3 Å². The van der Waals surface area contributed by atoms with Crippen molar-refractivity contribution < 1.29 is 19.1 Å². The van der Waals surface area contributed by atoms with Gasteiger partial charge >= 0.3 is 11.9 Å². The molecule has 0 spiro atoms. The Morgan fingerprint density at radius 2 is 1.41 bits per heavy atom. The van der Waals surface area contributed by atoms with Crippen LogP contribution in [0.5, 0.6) is 0 Å². The molecule has 4 nitrogen and oxygen atoms in total. The zero-order chi connectivity index (χ0) is 27.2. The third-order valence-electron chi connectivity index (χ3n) is 14.2. The third kappa shape index (κ3) is 3.58. The second-order valence-electron chi connectivity index (χ2n) is 16.1. The van der Waals surface area contributed by atoms with Crippen molar-refractivity contribution in [2.45, 2.75) is 132 Å². The number of carbonyl (C=O) groups excluding carboxylic acids is 2. The van der Waals surface area contributed by atoms with E-state index in [0.717, 1.165) is 44.9 Å². The van der Waals surface area contributed by atoms with Crippen LogP contribution < -0.4 is 0 Å². The third-order valence-corrected chi connectivity index (χ3v) is 14.2. The smallest absolute Gasteiger partial charge is 0.312 e. The standard InChI is InChI=1S/C33H54O4/c1-21-23(37-22(2)34)10-11-24-30(21,6)13-12-25-31(24,7)17-18-32(8)26-20-28(3,4)14-15-29(26,5)16-19-33(25,32)27(35)36-9/h21,23-26H,10-20H2,1-9H3. The van der Waals surface area contributed by atoms with Gasteiger partial charge in [-0.15, -0.1) is 0 Å². The Balaban J connectivity index is 1.58. The number of methoxy groups -OCH3 is 1. The van der Waals surface area contributed by atoms with Crippen LogP contribution in [0.4, 0.5) is 0 Å². The molecule has 10 unspecified atom stereocenters. The van der Waals surface area contributed by atoms with E-state index < -0.39 is 5.41 Å². The normalized spacial score (nSPS) is 52.5. The fourth-order valence-electron chi connectivity index (χ4n) is 11.9. The molecule has 0 heterocycles. The van der Waals surface area contributed by atoms with Crippen molar-refractivity contribution in [3.05, 3.63) is 0 Å². The molecule has 5 rings (SSSR count). The zero-order valence-electron chi connectivity index (χ0n) is 25.3. The van der Waals surface area contributed by atoms with Crippen LogP contribution in [0.25, 0.3) is 0 Å². The van der Waals surface area contributed by atoms with Gasteiger partial charge in [0.2, 0.25) is 0 Å². The van der Waals surface area contributed by atoms with Crippen LogP contribution in [0.15, 0.2) is 0 Å². The van der Waals surface area contributed by atoms with E-state index >= 15 is 0 Å². The average molecular weight is 515 g/mol. The van der Waals surface area contributed by atoms with Crippen molar-refractivity contribution in [3.63, 3.8) is 0 Å². The molecule has 0 aliphatic heterocycles. The summed E-state index contributed by atoms with van der Waals surface area (Å²) in [5, 5.41) is 0. The van der Waals surface area contributed by atoms with E-state index in [2.05, 4.69) is 48.5 Å². The van der Waals surface area contributed by atoms with Crippen molar-refractivity contribution in [2.24, 2.45) is 56.2 Å². The molecule has 0 aromatic carbocycles. The molecule has 5 fully saturated rings. The highest BCUT2D eigenvalue weighted by atomic mass is 16.5. The molecular weight excluding hydrogens is 460 g/mol. The summed E-state index contributed by atoms with van der Waals surface area (Å²) in [5.41, 5.74) is 0.476. The van der Waals surface area contributed by atoms with Gasteiger partial charge in [-0.3, -0.25) is 9.59 Å². The van der Waals surface area contributed by atoms with E-state index in [0.29, 0.717) is 34.5 Å². The van der Waals surface area contributed by atoms with E-state index in [1.165, 1.54) is 25.7 Å². The first-order valence-electron chi connectivity index (χ1n) is 15.4. The summed E-state index contributed by atoms with van der Waals surface area (Å²) in [6, 6.07) is 0. The van der Waals surface area contributed by atoms with Crippen LogP contribution in [-0.2, 0) is 19.1 Å². The van der Waals surface area contributed by atoms with Gasteiger partial charge in [-0.25, -0.2) is 0 Å². The maximum Gasteiger partial charge on any atom is 0.312 e. The maximum absolute atomic E-state index is 14.3. The summed E-state index contributed by atoms with van der Waals surface area (Å²) >= 11 is 0. The largest absolute Gasteiger partial charge is 0.469 e. The summed E-state index contributed by atoms with van der Waals surface area (Å²) in [5.74, 6) is 1.73. The topological polar surface area (TPSA) is 52.6 Å². The summed E-state index contributed by atoms with van der Waals surface area (Å²) in [6.45, 7) is 18.8. The van der Waals surface area contributed by atoms with E-state index in [9.17, 15) is 9.59 Å². The minimum atomic E-state index is -0.399. The molecule has 0 saturated heterocycles. The van der Waals surface area contributed by atoms with Gasteiger partial charge in [-0.1, -0.05) is 48.5 Å². The lowest BCUT2D eigenvalue weighted by atomic mass is 9.29. The van der Waals surface area contributed by atoms with Crippen LogP contribution >= 0.6 is 0 Å². The van der Waals surface area contributed by atoms with Gasteiger partial charge < -0.3 is 9.47 Å². The molecule has 0 aromatic heterocycles. The van der Waals surface area contributed by atoms with Gasteiger partial charge in [-0.2, -0.15) is 0 Å². The summed E-state index contributed by atoms with van der Waals surface area (Å²) in [7, 11) is 1.64. The zero-order valence-corrected chi connectivity index (χ0v) is 25.3. The SMILES string of the molecule is COC(=O)C12CCC3(C)CCC(C)(C)CC3C1(C)CCC1(C)C3CCC(OC(C)=O)C(C)C3(C)CCC12. The Labute approximate surface area is 226 Å². The Morgan fingerprint density at radius 1 is 0.730 bits per heavy atom. The molecule has 0 radical (unpaired) electrons. The number of hydrogen-bond donors (Lipinski definition) is 0. The molecule has 4 heteroatoms. The average Bonchev–Trinajstić information content (AvgIpc) is 2.82. The molecule has 0 bridgehead atoms. The van der Waals surface area contributed by atoms with E-state index in [1.807, 2.05) is 0 Å². The Bertz CT molecular complexity index is 956. The van der Waals surface area contributed by atoms with E-state index in [1.54, 1.807) is 14.0 Å². The fourth-order valence-corrected chi connectivity index (χ4v) is 11.9. The Kier molecular flexibility index (Phi) is 6.30. The second kappa shape index (κ2) is 8.47. The fraction of sp³-hybridized carbons (Fsp3) is 0.939. The number of esters is 2. The first-order chi connectivity index (χ1) is 17.1. The summed E-state index contributed by atoms with van der Waals surface area (Å²) < 4.78 is 11.7. The van der Waals surface area contributed by atoms with Crippen LogP contribution in [0.2, 0.25) is 0 Å². The van der Waals surface area contributed by atoms with Gasteiger partial charge in [0, 0.05) is 6.92 Å². The molecule has 0 amide bonds. The molecular formula is C33H54O4. The number of ether oxygens (including phenoxy) is 2. The predicted molar refractivity (Wildman–Crippen MR) is 147 cm³/mol. The van der Waals surface area contributed by atoms with Crippen LogP contribution in [0.1, 0.15) is 126 Å². The lowest BCUT2D eigenvalue weighted by molar-refractivity contribution is -0.270. The van der Waals surface area contributed by atoms with Crippen LogP contribution in [0.3, 0.4) is 0 Å². The van der Waals surface area contributed by atoms with Crippen LogP contribution in [-0.4, -0.2) is 25.2 Å². The summed E-state index contributed by atoms with van der Waals surface area (Å²) in [6.07, 6.45) is 12.5. The van der Waals surface area contributed by atoms with E-state index in [4.69, 9.17) is 9.47 Å². The van der Waals surface area contributed by atoms with Crippen molar-refractivity contribution in [1.29, 1.82) is 0 Å².